The normalized spacial score (nSPS) is 9.65. The molecule has 0 aliphatic heterocycles. The first-order chi connectivity index (χ1) is 9.63. The van der Waals surface area contributed by atoms with Gasteiger partial charge in [-0.15, -0.1) is 0 Å². The molecule has 0 radical (unpaired) electrons. The lowest BCUT2D eigenvalue weighted by atomic mass is 10.1. The third kappa shape index (κ3) is 2.93. The molecule has 0 spiro atoms. The number of carbonyl (C=O) groups is 1. The fourth-order valence-corrected chi connectivity index (χ4v) is 1.72. The Hall–Kier alpha value is -2.87. The molecule has 0 aromatic heterocycles. The maximum atomic E-state index is 13.2. The van der Waals surface area contributed by atoms with E-state index in [2.05, 4.69) is 5.32 Å². The Morgan fingerprint density at radius 2 is 2.10 bits per heavy atom. The third-order valence-electron chi connectivity index (χ3n) is 2.66. The van der Waals surface area contributed by atoms with Crippen molar-refractivity contribution >= 4 is 11.6 Å². The summed E-state index contributed by atoms with van der Waals surface area (Å²) >= 11 is 0. The first kappa shape index (κ1) is 13.6. The Bertz CT molecular complexity index is 693. The summed E-state index contributed by atoms with van der Waals surface area (Å²) in [7, 11) is 1.40. The molecular weight excluding hydrogens is 259 g/mol. The molecule has 0 aliphatic carbocycles. The minimum absolute atomic E-state index is 0.0925. The van der Waals surface area contributed by atoms with Gasteiger partial charge in [-0.25, -0.2) is 4.39 Å². The van der Waals surface area contributed by atoms with Crippen LogP contribution < -0.4 is 10.1 Å². The summed E-state index contributed by atoms with van der Waals surface area (Å²) in [5.41, 5.74) is 0.976. The van der Waals surface area contributed by atoms with Crippen LogP contribution in [0.2, 0.25) is 0 Å². The largest absolute Gasteiger partial charge is 0.496 e. The van der Waals surface area contributed by atoms with Crippen LogP contribution in [0.4, 0.5) is 10.1 Å². The number of benzene rings is 2. The number of carbonyl (C=O) groups excluding carboxylic acids is 1. The molecule has 0 bridgehead atoms. The van der Waals surface area contributed by atoms with Crippen molar-refractivity contribution in [1.82, 2.24) is 0 Å². The van der Waals surface area contributed by atoms with Gasteiger partial charge in [0.15, 0.2) is 0 Å². The molecule has 4 nitrogen and oxygen atoms in total. The molecule has 2 aromatic rings. The number of ether oxygens (including phenoxy) is 1. The smallest absolute Gasteiger partial charge is 0.259 e. The molecule has 0 unspecified atom stereocenters. The summed E-state index contributed by atoms with van der Waals surface area (Å²) < 4.78 is 18.2. The van der Waals surface area contributed by atoms with E-state index in [1.165, 1.54) is 25.3 Å². The number of hydrogen-bond acceptors (Lipinski definition) is 3. The van der Waals surface area contributed by atoms with Crippen molar-refractivity contribution in [2.24, 2.45) is 0 Å². The van der Waals surface area contributed by atoms with Gasteiger partial charge in [-0.1, -0.05) is 6.07 Å². The third-order valence-corrected chi connectivity index (χ3v) is 2.66. The number of rotatable bonds is 3. The molecule has 0 heterocycles. The van der Waals surface area contributed by atoms with E-state index in [0.717, 1.165) is 6.07 Å². The number of nitrogens with zero attached hydrogens (tertiary/aromatic N) is 1. The molecule has 0 fully saturated rings. The summed E-state index contributed by atoms with van der Waals surface area (Å²) in [5.74, 6) is -0.751. The predicted octanol–water partition coefficient (Wildman–Crippen LogP) is 2.96. The van der Waals surface area contributed by atoms with Crippen LogP contribution in [0, 0.1) is 17.1 Å². The lowest BCUT2D eigenvalue weighted by molar-refractivity contribution is 0.102. The number of methoxy groups -OCH3 is 1. The highest BCUT2D eigenvalue weighted by Crippen LogP contribution is 2.21. The van der Waals surface area contributed by atoms with E-state index in [9.17, 15) is 9.18 Å². The first-order valence-corrected chi connectivity index (χ1v) is 5.79. The highest BCUT2D eigenvalue weighted by molar-refractivity contribution is 6.06. The Balaban J connectivity index is 2.28. The molecule has 1 N–H and O–H groups in total. The van der Waals surface area contributed by atoms with Gasteiger partial charge in [0.25, 0.3) is 5.91 Å². The van der Waals surface area contributed by atoms with E-state index in [-0.39, 0.29) is 11.3 Å². The van der Waals surface area contributed by atoms with Gasteiger partial charge in [0.2, 0.25) is 0 Å². The maximum Gasteiger partial charge on any atom is 0.259 e. The van der Waals surface area contributed by atoms with Gasteiger partial charge in [-0.2, -0.15) is 5.26 Å². The molecule has 5 heteroatoms. The predicted molar refractivity (Wildman–Crippen MR) is 72.1 cm³/mol. The number of nitriles is 1. The van der Waals surface area contributed by atoms with Crippen molar-refractivity contribution in [3.05, 3.63) is 59.4 Å². The zero-order valence-corrected chi connectivity index (χ0v) is 10.7. The van der Waals surface area contributed by atoms with E-state index in [0.29, 0.717) is 11.3 Å². The fraction of sp³-hybridized carbons (Fsp3) is 0.0667. The highest BCUT2D eigenvalue weighted by atomic mass is 19.1. The van der Waals surface area contributed by atoms with Crippen molar-refractivity contribution < 1.29 is 13.9 Å². The number of amides is 1. The lowest BCUT2D eigenvalue weighted by Crippen LogP contribution is -2.13. The number of nitrogens with one attached hydrogen (secondary N) is 1. The van der Waals surface area contributed by atoms with Crippen molar-refractivity contribution in [2.75, 3.05) is 12.4 Å². The summed E-state index contributed by atoms with van der Waals surface area (Å²) in [6.45, 7) is 0. The summed E-state index contributed by atoms with van der Waals surface area (Å²) in [5, 5.41) is 11.4. The standard InChI is InChI=1S/C15H11FN2O2/c1-20-14-6-5-11(16)8-13(14)15(19)18-12-4-2-3-10(7-12)9-17/h2-8H,1H3,(H,18,19). The zero-order valence-electron chi connectivity index (χ0n) is 10.7. The minimum Gasteiger partial charge on any atom is -0.496 e. The molecule has 2 rings (SSSR count). The first-order valence-electron chi connectivity index (χ1n) is 5.79. The van der Waals surface area contributed by atoms with E-state index in [1.54, 1.807) is 18.2 Å². The van der Waals surface area contributed by atoms with Gasteiger partial charge in [-0.3, -0.25) is 4.79 Å². The van der Waals surface area contributed by atoms with Crippen LogP contribution in [-0.2, 0) is 0 Å². The zero-order chi connectivity index (χ0) is 14.5. The van der Waals surface area contributed by atoms with Crippen molar-refractivity contribution in [2.45, 2.75) is 0 Å². The topological polar surface area (TPSA) is 62.1 Å². The fourth-order valence-electron chi connectivity index (χ4n) is 1.72. The van der Waals surface area contributed by atoms with Gasteiger partial charge in [0.05, 0.1) is 24.3 Å². The summed E-state index contributed by atoms with van der Waals surface area (Å²) in [6, 6.07) is 12.1. The summed E-state index contributed by atoms with van der Waals surface area (Å²) in [6.07, 6.45) is 0. The van der Waals surface area contributed by atoms with Gasteiger partial charge in [0.1, 0.15) is 11.6 Å². The van der Waals surface area contributed by atoms with Crippen LogP contribution in [0.1, 0.15) is 15.9 Å². The molecule has 0 atom stereocenters. The lowest BCUT2D eigenvalue weighted by Gasteiger charge is -2.09. The van der Waals surface area contributed by atoms with E-state index in [4.69, 9.17) is 10.00 Å². The Kier molecular flexibility index (Phi) is 3.96. The molecule has 1 amide bonds. The molecule has 2 aromatic carbocycles. The minimum atomic E-state index is -0.526. The van der Waals surface area contributed by atoms with Crippen LogP contribution in [0.15, 0.2) is 42.5 Å². The highest BCUT2D eigenvalue weighted by Gasteiger charge is 2.13. The SMILES string of the molecule is COc1ccc(F)cc1C(=O)Nc1cccc(C#N)c1. The van der Waals surface area contributed by atoms with Crippen LogP contribution in [0.25, 0.3) is 0 Å². The second kappa shape index (κ2) is 5.85. The van der Waals surface area contributed by atoms with Crippen molar-refractivity contribution in [3.8, 4) is 11.8 Å². The Labute approximate surface area is 115 Å². The number of halogens is 1. The number of hydrogen-bond donors (Lipinski definition) is 1. The van der Waals surface area contributed by atoms with Crippen LogP contribution in [-0.4, -0.2) is 13.0 Å². The molecule has 0 saturated heterocycles. The molecule has 0 aliphatic rings. The van der Waals surface area contributed by atoms with Gasteiger partial charge in [0, 0.05) is 5.69 Å². The van der Waals surface area contributed by atoms with Gasteiger partial charge in [-0.05, 0) is 36.4 Å². The monoisotopic (exact) mass is 270 g/mol. The Morgan fingerprint density at radius 1 is 1.30 bits per heavy atom. The molecule has 100 valence electrons. The van der Waals surface area contributed by atoms with E-state index < -0.39 is 11.7 Å². The van der Waals surface area contributed by atoms with Crippen molar-refractivity contribution in [1.29, 1.82) is 5.26 Å². The van der Waals surface area contributed by atoms with Crippen LogP contribution >= 0.6 is 0 Å². The molecule has 0 saturated carbocycles. The van der Waals surface area contributed by atoms with Crippen LogP contribution in [0.3, 0.4) is 0 Å². The van der Waals surface area contributed by atoms with E-state index >= 15 is 0 Å². The average molecular weight is 270 g/mol. The molecule has 20 heavy (non-hydrogen) atoms. The van der Waals surface area contributed by atoms with Crippen LogP contribution in [0.5, 0.6) is 5.75 Å². The number of anilines is 1. The van der Waals surface area contributed by atoms with Gasteiger partial charge < -0.3 is 10.1 Å². The summed E-state index contributed by atoms with van der Waals surface area (Å²) in [4.78, 5) is 12.1. The quantitative estimate of drug-likeness (QED) is 0.932. The Morgan fingerprint density at radius 3 is 2.80 bits per heavy atom. The van der Waals surface area contributed by atoms with E-state index in [1.807, 2.05) is 6.07 Å². The molecular formula is C15H11FN2O2. The van der Waals surface area contributed by atoms with Crippen molar-refractivity contribution in [3.63, 3.8) is 0 Å². The maximum absolute atomic E-state index is 13.2. The second-order valence-corrected chi connectivity index (χ2v) is 3.99. The van der Waals surface area contributed by atoms with Gasteiger partial charge >= 0.3 is 0 Å². The second-order valence-electron chi connectivity index (χ2n) is 3.99. The average Bonchev–Trinajstić information content (AvgIpc) is 2.47.